The summed E-state index contributed by atoms with van der Waals surface area (Å²) in [7, 11) is -1.02. The van der Waals surface area contributed by atoms with Crippen LogP contribution in [0.15, 0.2) is 12.1 Å². The minimum Gasteiger partial charge on any atom is -0.292 e. The standard InChI is InChI=1S/C13H20O2S2/c1-4-10(3)8-17(15)9-12(14)13-7-6-11(5-2)16-13/h6-7,10H,4-5,8-9H2,1-3H3. The third-order valence-corrected chi connectivity index (χ3v) is 5.54. The van der Waals surface area contributed by atoms with Crippen molar-refractivity contribution in [3.63, 3.8) is 0 Å². The number of carbonyl (C=O) groups is 1. The van der Waals surface area contributed by atoms with Crippen LogP contribution in [-0.4, -0.2) is 21.5 Å². The van der Waals surface area contributed by atoms with Crippen molar-refractivity contribution in [2.24, 2.45) is 5.92 Å². The van der Waals surface area contributed by atoms with E-state index in [-0.39, 0.29) is 11.5 Å². The van der Waals surface area contributed by atoms with Gasteiger partial charge in [0.15, 0.2) is 5.78 Å². The van der Waals surface area contributed by atoms with E-state index in [1.54, 1.807) is 0 Å². The van der Waals surface area contributed by atoms with E-state index in [0.717, 1.165) is 17.7 Å². The number of rotatable bonds is 7. The largest absolute Gasteiger partial charge is 0.292 e. The van der Waals surface area contributed by atoms with Crippen molar-refractivity contribution < 1.29 is 9.00 Å². The number of hydrogen-bond acceptors (Lipinski definition) is 3. The Morgan fingerprint density at radius 1 is 1.41 bits per heavy atom. The van der Waals surface area contributed by atoms with Gasteiger partial charge in [0, 0.05) is 21.4 Å². The van der Waals surface area contributed by atoms with Crippen molar-refractivity contribution >= 4 is 27.9 Å². The lowest BCUT2D eigenvalue weighted by Gasteiger charge is -2.06. The second-order valence-corrected chi connectivity index (χ2v) is 6.98. The SMILES string of the molecule is CCc1ccc(C(=O)CS(=O)CC(C)CC)s1. The van der Waals surface area contributed by atoms with E-state index in [1.165, 1.54) is 16.2 Å². The minimum absolute atomic E-state index is 0.0244. The highest BCUT2D eigenvalue weighted by molar-refractivity contribution is 7.85. The third kappa shape index (κ3) is 4.72. The van der Waals surface area contributed by atoms with Gasteiger partial charge < -0.3 is 0 Å². The van der Waals surface area contributed by atoms with Gasteiger partial charge in [0.2, 0.25) is 0 Å². The zero-order chi connectivity index (χ0) is 12.8. The van der Waals surface area contributed by atoms with Crippen LogP contribution >= 0.6 is 11.3 Å². The van der Waals surface area contributed by atoms with Crippen molar-refractivity contribution in [2.75, 3.05) is 11.5 Å². The van der Waals surface area contributed by atoms with E-state index in [0.29, 0.717) is 11.7 Å². The van der Waals surface area contributed by atoms with Gasteiger partial charge in [0.1, 0.15) is 0 Å². The maximum absolute atomic E-state index is 11.9. The Bertz CT molecular complexity index is 396. The minimum atomic E-state index is -1.02. The molecule has 1 aromatic heterocycles. The lowest BCUT2D eigenvalue weighted by molar-refractivity contribution is 0.102. The fourth-order valence-electron chi connectivity index (χ4n) is 1.43. The quantitative estimate of drug-likeness (QED) is 0.714. The molecule has 0 N–H and O–H groups in total. The fourth-order valence-corrected chi connectivity index (χ4v) is 3.84. The molecule has 0 saturated heterocycles. The zero-order valence-corrected chi connectivity index (χ0v) is 12.3. The number of aryl methyl sites for hydroxylation is 1. The molecule has 0 aliphatic heterocycles. The van der Waals surface area contributed by atoms with Crippen molar-refractivity contribution in [1.82, 2.24) is 0 Å². The first-order chi connectivity index (χ1) is 8.06. The summed E-state index contributed by atoms with van der Waals surface area (Å²) in [5.74, 6) is 1.26. The van der Waals surface area contributed by atoms with Crippen molar-refractivity contribution in [3.8, 4) is 0 Å². The van der Waals surface area contributed by atoms with Crippen LogP contribution in [0, 0.1) is 5.92 Å². The Kier molecular flexibility index (Phi) is 6.06. The lowest BCUT2D eigenvalue weighted by Crippen LogP contribution is -2.16. The van der Waals surface area contributed by atoms with E-state index in [1.807, 2.05) is 12.1 Å². The zero-order valence-electron chi connectivity index (χ0n) is 10.7. The molecule has 0 saturated carbocycles. The molecule has 0 spiro atoms. The van der Waals surface area contributed by atoms with E-state index < -0.39 is 10.8 Å². The summed E-state index contributed by atoms with van der Waals surface area (Å²) in [6.07, 6.45) is 1.97. The number of thiophene rings is 1. The summed E-state index contributed by atoms with van der Waals surface area (Å²) < 4.78 is 11.8. The van der Waals surface area contributed by atoms with Gasteiger partial charge >= 0.3 is 0 Å². The van der Waals surface area contributed by atoms with Gasteiger partial charge in [-0.05, 0) is 24.5 Å². The molecular formula is C13H20O2S2. The molecule has 2 nitrogen and oxygen atoms in total. The molecule has 0 amide bonds. The highest BCUT2D eigenvalue weighted by Gasteiger charge is 2.14. The molecule has 0 radical (unpaired) electrons. The highest BCUT2D eigenvalue weighted by atomic mass is 32.2. The Morgan fingerprint density at radius 2 is 2.12 bits per heavy atom. The molecule has 0 aliphatic rings. The number of Topliss-reactive ketones (excluding diaryl/α,β-unsaturated/α-hetero) is 1. The van der Waals surface area contributed by atoms with Gasteiger partial charge in [-0.1, -0.05) is 27.2 Å². The smallest absolute Gasteiger partial charge is 0.185 e. The molecule has 96 valence electrons. The van der Waals surface area contributed by atoms with Gasteiger partial charge in [-0.3, -0.25) is 9.00 Å². The van der Waals surface area contributed by atoms with Gasteiger partial charge in [-0.2, -0.15) is 0 Å². The van der Waals surface area contributed by atoms with Crippen LogP contribution in [0.3, 0.4) is 0 Å². The lowest BCUT2D eigenvalue weighted by atomic mass is 10.2. The average Bonchev–Trinajstić information content (AvgIpc) is 2.77. The first-order valence-corrected chi connectivity index (χ1v) is 8.34. The highest BCUT2D eigenvalue weighted by Crippen LogP contribution is 2.18. The molecule has 1 aromatic rings. The molecular weight excluding hydrogens is 252 g/mol. The molecule has 0 fully saturated rings. The molecule has 4 heteroatoms. The Labute approximate surface area is 110 Å². The van der Waals surface area contributed by atoms with Gasteiger partial charge in [0.25, 0.3) is 0 Å². The van der Waals surface area contributed by atoms with Crippen molar-refractivity contribution in [1.29, 1.82) is 0 Å². The van der Waals surface area contributed by atoms with Crippen LogP contribution < -0.4 is 0 Å². The normalized spacial score (nSPS) is 14.5. The molecule has 0 aliphatic carbocycles. The number of carbonyl (C=O) groups excluding carboxylic acids is 1. The monoisotopic (exact) mass is 272 g/mol. The van der Waals surface area contributed by atoms with Crippen LogP contribution in [0.4, 0.5) is 0 Å². The summed E-state index contributed by atoms with van der Waals surface area (Å²) in [5.41, 5.74) is 0. The topological polar surface area (TPSA) is 34.1 Å². The summed E-state index contributed by atoms with van der Waals surface area (Å²) in [6, 6.07) is 3.84. The molecule has 2 unspecified atom stereocenters. The Morgan fingerprint density at radius 3 is 2.65 bits per heavy atom. The fraction of sp³-hybridized carbons (Fsp3) is 0.615. The maximum Gasteiger partial charge on any atom is 0.185 e. The molecule has 2 atom stereocenters. The second-order valence-electron chi connectivity index (χ2n) is 4.31. The van der Waals surface area contributed by atoms with Crippen LogP contribution in [-0.2, 0) is 17.2 Å². The predicted octanol–water partition coefficient (Wildman–Crippen LogP) is 3.29. The first kappa shape index (κ1) is 14.6. The molecule has 1 rings (SSSR count). The predicted molar refractivity (Wildman–Crippen MR) is 75.4 cm³/mol. The Balaban J connectivity index is 2.51. The van der Waals surface area contributed by atoms with Gasteiger partial charge in [0.05, 0.1) is 10.6 Å². The van der Waals surface area contributed by atoms with Crippen LogP contribution in [0.25, 0.3) is 0 Å². The van der Waals surface area contributed by atoms with Crippen LogP contribution in [0.1, 0.15) is 41.7 Å². The number of ketones is 1. The Hall–Kier alpha value is -0.480. The summed E-state index contributed by atoms with van der Waals surface area (Å²) >= 11 is 1.52. The van der Waals surface area contributed by atoms with Crippen molar-refractivity contribution in [2.45, 2.75) is 33.6 Å². The maximum atomic E-state index is 11.9. The van der Waals surface area contributed by atoms with E-state index in [2.05, 4.69) is 20.8 Å². The molecule has 17 heavy (non-hydrogen) atoms. The first-order valence-electron chi connectivity index (χ1n) is 6.03. The van der Waals surface area contributed by atoms with Crippen LogP contribution in [0.5, 0.6) is 0 Å². The van der Waals surface area contributed by atoms with E-state index in [9.17, 15) is 9.00 Å². The van der Waals surface area contributed by atoms with E-state index >= 15 is 0 Å². The van der Waals surface area contributed by atoms with Gasteiger partial charge in [-0.15, -0.1) is 11.3 Å². The summed E-state index contributed by atoms with van der Waals surface area (Å²) in [4.78, 5) is 13.8. The average molecular weight is 272 g/mol. The summed E-state index contributed by atoms with van der Waals surface area (Å²) in [5, 5.41) is 0. The number of hydrogen-bond donors (Lipinski definition) is 0. The van der Waals surface area contributed by atoms with Gasteiger partial charge in [-0.25, -0.2) is 0 Å². The van der Waals surface area contributed by atoms with E-state index in [4.69, 9.17) is 0 Å². The molecule has 0 aromatic carbocycles. The van der Waals surface area contributed by atoms with Crippen molar-refractivity contribution in [3.05, 3.63) is 21.9 Å². The summed E-state index contributed by atoms with van der Waals surface area (Å²) in [6.45, 7) is 6.22. The molecule has 1 heterocycles. The third-order valence-electron chi connectivity index (χ3n) is 2.74. The second kappa shape index (κ2) is 7.07. The van der Waals surface area contributed by atoms with Crippen LogP contribution in [0.2, 0.25) is 0 Å². The molecule has 0 bridgehead atoms.